The molecular formula is C46H42N2. The third kappa shape index (κ3) is 4.26. The Morgan fingerprint density at radius 3 is 2.25 bits per heavy atom. The molecule has 0 unspecified atom stereocenters. The van der Waals surface area contributed by atoms with E-state index in [9.17, 15) is 0 Å². The second kappa shape index (κ2) is 11.6. The van der Waals surface area contributed by atoms with Crippen LogP contribution in [0.3, 0.4) is 0 Å². The first kappa shape index (κ1) is 31.0. The molecule has 1 heterocycles. The number of aryl methyl sites for hydroxylation is 1. The fourth-order valence-corrected chi connectivity index (χ4v) is 8.35. The van der Waals surface area contributed by atoms with Crippen LogP contribution in [0.1, 0.15) is 54.2 Å². The van der Waals surface area contributed by atoms with Gasteiger partial charge >= 0.3 is 0 Å². The van der Waals surface area contributed by atoms with Crippen LogP contribution < -0.4 is 15.5 Å². The van der Waals surface area contributed by atoms with Crippen LogP contribution in [-0.4, -0.2) is 4.57 Å². The summed E-state index contributed by atoms with van der Waals surface area (Å²) < 4.78 is 2.25. The highest BCUT2D eigenvalue weighted by atomic mass is 15.2. The molecule has 0 atom stereocenters. The molecular weight excluding hydrogens is 581 g/mol. The Kier molecular flexibility index (Phi) is 7.48. The van der Waals surface area contributed by atoms with E-state index in [2.05, 4.69) is 155 Å². The number of nitrogens with zero attached hydrogens (tertiary/aromatic N) is 2. The van der Waals surface area contributed by atoms with Crippen molar-refractivity contribution in [3.8, 4) is 11.1 Å². The fourth-order valence-electron chi connectivity index (χ4n) is 8.35. The lowest BCUT2D eigenvalue weighted by Crippen LogP contribution is -2.35. The molecule has 48 heavy (non-hydrogen) atoms. The van der Waals surface area contributed by atoms with Crippen molar-refractivity contribution in [3.63, 3.8) is 0 Å². The predicted octanol–water partition coefficient (Wildman–Crippen LogP) is 10.4. The standard InChI is InChI=1S/C46H42N2/c1-10-20-36-38(13-4)46(7,8)39-28-43(31(11-2)32(12-3)44(36)39)48(40(14-5)45-29(6)33-22-17-18-25-41(33)47(45)9)42-26-19-24-35-34-23-16-15-21-30(34)27-37(35)42/h10-26,28H,1-3,5-6,27H2,4,7-9H3/b36-20+,38-13+,45-40-. The molecule has 0 N–H and O–H groups in total. The van der Waals surface area contributed by atoms with Gasteiger partial charge in [0, 0.05) is 40.6 Å². The summed E-state index contributed by atoms with van der Waals surface area (Å²) >= 11 is 0. The van der Waals surface area contributed by atoms with Gasteiger partial charge in [-0.2, -0.15) is 0 Å². The average Bonchev–Trinajstić information content (AvgIpc) is 3.67. The van der Waals surface area contributed by atoms with E-state index in [-0.39, 0.29) is 5.41 Å². The zero-order valence-electron chi connectivity index (χ0n) is 28.5. The van der Waals surface area contributed by atoms with Crippen LogP contribution in [0.4, 0.5) is 11.4 Å². The van der Waals surface area contributed by atoms with Crippen molar-refractivity contribution in [1.29, 1.82) is 0 Å². The number of hydrogen-bond donors (Lipinski definition) is 0. The highest BCUT2D eigenvalue weighted by Crippen LogP contribution is 2.55. The molecule has 4 aromatic carbocycles. The Bertz CT molecular complexity index is 2400. The minimum atomic E-state index is -0.253. The molecule has 0 amide bonds. The van der Waals surface area contributed by atoms with E-state index in [1.807, 2.05) is 24.3 Å². The van der Waals surface area contributed by atoms with E-state index in [1.54, 1.807) is 0 Å². The first-order valence-corrected chi connectivity index (χ1v) is 16.6. The summed E-state index contributed by atoms with van der Waals surface area (Å²) in [6.07, 6.45) is 13.1. The van der Waals surface area contributed by atoms with Gasteiger partial charge in [0.1, 0.15) is 0 Å². The van der Waals surface area contributed by atoms with Crippen LogP contribution in [0.5, 0.6) is 0 Å². The van der Waals surface area contributed by atoms with E-state index in [1.165, 1.54) is 44.5 Å². The Hall–Kier alpha value is -5.60. The van der Waals surface area contributed by atoms with Crippen molar-refractivity contribution in [3.05, 3.63) is 173 Å². The normalized spacial score (nSPS) is 16.4. The van der Waals surface area contributed by atoms with Crippen molar-refractivity contribution in [2.75, 3.05) is 4.90 Å². The second-order valence-electron chi connectivity index (χ2n) is 13.2. The first-order valence-electron chi connectivity index (χ1n) is 16.6. The van der Waals surface area contributed by atoms with Gasteiger partial charge in [-0.15, -0.1) is 0 Å². The molecule has 0 radical (unpaired) electrons. The van der Waals surface area contributed by atoms with Crippen molar-refractivity contribution >= 4 is 52.3 Å². The zero-order chi connectivity index (χ0) is 33.9. The predicted molar refractivity (Wildman–Crippen MR) is 210 cm³/mol. The number of benzene rings is 4. The molecule has 5 aromatic rings. The molecule has 1 aromatic heterocycles. The summed E-state index contributed by atoms with van der Waals surface area (Å²) in [5.41, 5.74) is 16.1. The molecule has 2 nitrogen and oxygen atoms in total. The molecule has 0 spiro atoms. The Morgan fingerprint density at radius 1 is 0.854 bits per heavy atom. The molecule has 0 bridgehead atoms. The highest BCUT2D eigenvalue weighted by Gasteiger charge is 2.41. The zero-order valence-corrected chi connectivity index (χ0v) is 28.5. The van der Waals surface area contributed by atoms with Gasteiger partial charge in [-0.25, -0.2) is 0 Å². The Labute approximate surface area is 284 Å². The molecule has 2 aliphatic rings. The number of rotatable bonds is 7. The van der Waals surface area contributed by atoms with Crippen LogP contribution in [0.2, 0.25) is 0 Å². The van der Waals surface area contributed by atoms with E-state index >= 15 is 0 Å². The maximum absolute atomic E-state index is 4.64. The van der Waals surface area contributed by atoms with Gasteiger partial charge in [-0.3, -0.25) is 0 Å². The molecule has 2 heteroatoms. The fraction of sp³-hybridized carbons (Fsp3) is 0.130. The van der Waals surface area contributed by atoms with Gasteiger partial charge < -0.3 is 9.47 Å². The smallest absolute Gasteiger partial charge is 0.0727 e. The van der Waals surface area contributed by atoms with E-state index in [0.29, 0.717) is 0 Å². The largest absolute Gasteiger partial charge is 0.342 e. The maximum Gasteiger partial charge on any atom is 0.0727 e. The van der Waals surface area contributed by atoms with Gasteiger partial charge in [0.05, 0.1) is 22.4 Å². The minimum absolute atomic E-state index is 0.253. The minimum Gasteiger partial charge on any atom is -0.342 e. The number of fused-ring (bicyclic) bond motifs is 5. The average molecular weight is 623 g/mol. The molecule has 0 aliphatic heterocycles. The molecule has 7 rings (SSSR count). The topological polar surface area (TPSA) is 8.17 Å². The lowest BCUT2D eigenvalue weighted by Gasteiger charge is -2.32. The van der Waals surface area contributed by atoms with Gasteiger partial charge in [-0.05, 0) is 81.3 Å². The molecule has 236 valence electrons. The lowest BCUT2D eigenvalue weighted by molar-refractivity contribution is 0.659. The maximum atomic E-state index is 4.64. The van der Waals surface area contributed by atoms with Crippen molar-refractivity contribution in [2.45, 2.75) is 32.6 Å². The Balaban J connectivity index is 1.67. The SMILES string of the molecule is C=C/C=C1\C(=C/C)C(C)(C)c2cc(N(/C(C=C)=c3/c(=C)c4ccccc4n3C)c3cccc4c3Cc3ccccc3-4)c(C=C)c(C=C)c21. The van der Waals surface area contributed by atoms with Gasteiger partial charge in [0.25, 0.3) is 0 Å². The van der Waals surface area contributed by atoms with Crippen molar-refractivity contribution < 1.29 is 0 Å². The number of aromatic nitrogens is 1. The van der Waals surface area contributed by atoms with Crippen LogP contribution in [0.25, 0.3) is 52.0 Å². The summed E-state index contributed by atoms with van der Waals surface area (Å²) in [4.78, 5) is 2.41. The highest BCUT2D eigenvalue weighted by molar-refractivity contribution is 6.01. The van der Waals surface area contributed by atoms with Crippen molar-refractivity contribution in [2.24, 2.45) is 7.05 Å². The number of allylic oxidation sites excluding steroid dienone is 5. The van der Waals surface area contributed by atoms with E-state index < -0.39 is 0 Å². The first-order chi connectivity index (χ1) is 23.2. The van der Waals surface area contributed by atoms with E-state index in [0.717, 1.165) is 56.1 Å². The van der Waals surface area contributed by atoms with Crippen molar-refractivity contribution in [1.82, 2.24) is 4.57 Å². The monoisotopic (exact) mass is 622 g/mol. The summed E-state index contributed by atoms with van der Waals surface area (Å²) in [6, 6.07) is 26.3. The van der Waals surface area contributed by atoms with Gasteiger partial charge in [0.15, 0.2) is 0 Å². The molecule has 0 saturated heterocycles. The number of anilines is 2. The lowest BCUT2D eigenvalue weighted by atomic mass is 9.81. The van der Waals surface area contributed by atoms with Crippen LogP contribution in [0.15, 0.2) is 129 Å². The summed E-state index contributed by atoms with van der Waals surface area (Å²) in [5, 5.41) is 3.13. The third-order valence-corrected chi connectivity index (χ3v) is 10.5. The van der Waals surface area contributed by atoms with Crippen LogP contribution in [-0.2, 0) is 18.9 Å². The van der Waals surface area contributed by atoms with Crippen LogP contribution in [0, 0.1) is 0 Å². The van der Waals surface area contributed by atoms with Gasteiger partial charge in [0.2, 0.25) is 0 Å². The quantitative estimate of drug-likeness (QED) is 0.172. The summed E-state index contributed by atoms with van der Waals surface area (Å²) in [5.74, 6) is 0. The van der Waals surface area contributed by atoms with Crippen LogP contribution >= 0.6 is 0 Å². The number of para-hydroxylation sites is 1. The summed E-state index contributed by atoms with van der Waals surface area (Å²) in [7, 11) is 2.12. The third-order valence-electron chi connectivity index (χ3n) is 10.5. The molecule has 0 fully saturated rings. The molecule has 0 saturated carbocycles. The summed E-state index contributed by atoms with van der Waals surface area (Å²) in [6.45, 7) is 28.7. The Morgan fingerprint density at radius 2 is 1.56 bits per heavy atom. The second-order valence-corrected chi connectivity index (χ2v) is 13.2. The van der Waals surface area contributed by atoms with Gasteiger partial charge in [-0.1, -0.05) is 132 Å². The molecule has 2 aliphatic carbocycles. The number of hydrogen-bond acceptors (Lipinski definition) is 1. The van der Waals surface area contributed by atoms with E-state index in [4.69, 9.17) is 0 Å².